The van der Waals surface area contributed by atoms with Gasteiger partial charge in [0.05, 0.1) is 13.3 Å². The minimum Gasteiger partial charge on any atom is -0.463 e. The maximum absolute atomic E-state index is 12.2. The number of rotatable bonds is 6. The van der Waals surface area contributed by atoms with Gasteiger partial charge in [-0.3, -0.25) is 4.79 Å². The second kappa shape index (κ2) is 7.58. The first-order chi connectivity index (χ1) is 9.94. The van der Waals surface area contributed by atoms with Crippen LogP contribution in [0.2, 0.25) is 0 Å². The lowest BCUT2D eigenvalue weighted by Crippen LogP contribution is -2.29. The molecule has 0 aromatic heterocycles. The Kier molecular flexibility index (Phi) is 6.10. The number of esters is 2. The topological polar surface area (TPSA) is 93.1 Å². The van der Waals surface area contributed by atoms with E-state index < -0.39 is 11.9 Å². The molecule has 1 heterocycles. The third-order valence-corrected chi connectivity index (χ3v) is 3.20. The molecule has 1 amide bonds. The van der Waals surface area contributed by atoms with Crippen molar-refractivity contribution in [3.63, 3.8) is 0 Å². The number of aliphatic hydroxyl groups excluding tert-OH is 1. The quantitative estimate of drug-likeness (QED) is 0.432. The zero-order chi connectivity index (χ0) is 16.0. The van der Waals surface area contributed by atoms with Crippen molar-refractivity contribution < 1.29 is 29.0 Å². The molecule has 21 heavy (non-hydrogen) atoms. The van der Waals surface area contributed by atoms with Crippen molar-refractivity contribution in [2.45, 2.75) is 25.8 Å². The van der Waals surface area contributed by atoms with Gasteiger partial charge in [0.1, 0.15) is 0 Å². The van der Waals surface area contributed by atoms with Gasteiger partial charge in [-0.2, -0.15) is 0 Å². The normalized spacial score (nSPS) is 22.1. The highest BCUT2D eigenvalue weighted by atomic mass is 16.6. The SMILES string of the molecule is C=CC(=O)O/C(=C\N1C(=O)C(CCO)CC1C)C(=O)OC. The van der Waals surface area contributed by atoms with E-state index in [0.29, 0.717) is 12.8 Å². The fourth-order valence-corrected chi connectivity index (χ4v) is 2.14. The highest BCUT2D eigenvalue weighted by molar-refractivity contribution is 5.93. The summed E-state index contributed by atoms with van der Waals surface area (Å²) >= 11 is 0. The molecule has 0 spiro atoms. The Morgan fingerprint density at radius 1 is 1.52 bits per heavy atom. The van der Waals surface area contributed by atoms with Gasteiger partial charge >= 0.3 is 11.9 Å². The van der Waals surface area contributed by atoms with Crippen LogP contribution in [0.3, 0.4) is 0 Å². The molecule has 0 radical (unpaired) electrons. The summed E-state index contributed by atoms with van der Waals surface area (Å²) in [6.45, 7) is 4.95. The minimum absolute atomic E-state index is 0.0873. The molecule has 116 valence electrons. The number of carbonyl (C=O) groups is 3. The molecule has 1 aliphatic heterocycles. The summed E-state index contributed by atoms with van der Waals surface area (Å²) < 4.78 is 9.31. The van der Waals surface area contributed by atoms with Crippen LogP contribution in [-0.2, 0) is 23.9 Å². The number of hydrogen-bond donors (Lipinski definition) is 1. The standard InChI is InChI=1S/C14H19NO6/c1-4-12(17)21-11(14(19)20-3)8-15-9(2)7-10(5-6-16)13(15)18/h4,8-10,16H,1,5-7H2,2-3H3/b11-8-. The predicted octanol–water partition coefficient (Wildman–Crippen LogP) is 0.349. The van der Waals surface area contributed by atoms with Gasteiger partial charge in [0, 0.05) is 24.6 Å². The van der Waals surface area contributed by atoms with Crippen molar-refractivity contribution >= 4 is 17.8 Å². The molecule has 0 aliphatic carbocycles. The predicted molar refractivity (Wildman–Crippen MR) is 72.5 cm³/mol. The number of likely N-dealkylation sites (tertiary alicyclic amines) is 1. The molecule has 0 bridgehead atoms. The van der Waals surface area contributed by atoms with Crippen LogP contribution in [0.25, 0.3) is 0 Å². The van der Waals surface area contributed by atoms with Crippen molar-refractivity contribution in [3.8, 4) is 0 Å². The lowest BCUT2D eigenvalue weighted by Gasteiger charge is -2.18. The third-order valence-electron chi connectivity index (χ3n) is 3.20. The number of hydrogen-bond acceptors (Lipinski definition) is 6. The second-order valence-electron chi connectivity index (χ2n) is 4.65. The van der Waals surface area contributed by atoms with Gasteiger partial charge in [-0.05, 0) is 19.8 Å². The molecule has 0 saturated carbocycles. The van der Waals surface area contributed by atoms with Crippen molar-refractivity contribution in [1.82, 2.24) is 4.90 Å². The second-order valence-corrected chi connectivity index (χ2v) is 4.65. The molecule has 7 heteroatoms. The average Bonchev–Trinajstić information content (AvgIpc) is 2.73. The molecule has 1 N–H and O–H groups in total. The summed E-state index contributed by atoms with van der Waals surface area (Å²) in [7, 11) is 1.14. The molecule has 2 unspecified atom stereocenters. The van der Waals surface area contributed by atoms with Crippen molar-refractivity contribution in [1.29, 1.82) is 0 Å². The molecule has 1 rings (SSSR count). The van der Waals surface area contributed by atoms with Gasteiger partial charge in [-0.15, -0.1) is 0 Å². The number of nitrogens with zero attached hydrogens (tertiary/aromatic N) is 1. The fraction of sp³-hybridized carbons (Fsp3) is 0.500. The smallest absolute Gasteiger partial charge is 0.375 e. The summed E-state index contributed by atoms with van der Waals surface area (Å²) in [6, 6.07) is -0.170. The first-order valence-corrected chi connectivity index (χ1v) is 6.52. The van der Waals surface area contributed by atoms with E-state index in [-0.39, 0.29) is 30.2 Å². The van der Waals surface area contributed by atoms with E-state index in [0.717, 1.165) is 19.4 Å². The zero-order valence-electron chi connectivity index (χ0n) is 12.1. The molecule has 1 saturated heterocycles. The number of carbonyl (C=O) groups excluding carboxylic acids is 3. The van der Waals surface area contributed by atoms with E-state index in [4.69, 9.17) is 9.84 Å². The fourth-order valence-electron chi connectivity index (χ4n) is 2.14. The number of ether oxygens (including phenoxy) is 2. The summed E-state index contributed by atoms with van der Waals surface area (Å²) in [5.74, 6) is -2.61. The molecular formula is C14H19NO6. The Bertz CT molecular complexity index is 470. The van der Waals surface area contributed by atoms with E-state index in [2.05, 4.69) is 11.3 Å². The number of amides is 1. The highest BCUT2D eigenvalue weighted by Crippen LogP contribution is 2.28. The van der Waals surface area contributed by atoms with Gasteiger partial charge in [-0.1, -0.05) is 6.58 Å². The molecule has 1 fully saturated rings. The van der Waals surface area contributed by atoms with E-state index >= 15 is 0 Å². The third kappa shape index (κ3) is 4.16. The lowest BCUT2D eigenvalue weighted by molar-refractivity contribution is -0.147. The minimum atomic E-state index is -0.865. The molecule has 0 aromatic rings. The lowest BCUT2D eigenvalue weighted by atomic mass is 10.0. The summed E-state index contributed by atoms with van der Waals surface area (Å²) in [5, 5.41) is 8.94. The van der Waals surface area contributed by atoms with Gasteiger partial charge in [0.15, 0.2) is 0 Å². The van der Waals surface area contributed by atoms with E-state index in [1.54, 1.807) is 6.92 Å². The zero-order valence-corrected chi connectivity index (χ0v) is 12.1. The summed E-state index contributed by atoms with van der Waals surface area (Å²) in [4.78, 5) is 36.3. The maximum Gasteiger partial charge on any atom is 0.375 e. The van der Waals surface area contributed by atoms with Crippen LogP contribution in [0.4, 0.5) is 0 Å². The van der Waals surface area contributed by atoms with Crippen LogP contribution in [0.1, 0.15) is 19.8 Å². The van der Waals surface area contributed by atoms with E-state index in [1.165, 1.54) is 4.90 Å². The summed E-state index contributed by atoms with van der Waals surface area (Å²) in [6.07, 6.45) is 2.98. The van der Waals surface area contributed by atoms with Gasteiger partial charge in [-0.25, -0.2) is 9.59 Å². The van der Waals surface area contributed by atoms with E-state index in [9.17, 15) is 14.4 Å². The van der Waals surface area contributed by atoms with Crippen molar-refractivity contribution in [3.05, 3.63) is 24.6 Å². The summed E-state index contributed by atoms with van der Waals surface area (Å²) in [5.41, 5.74) is 0. The molecular weight excluding hydrogens is 278 g/mol. The number of aliphatic hydroxyl groups is 1. The first kappa shape index (κ1) is 16.9. The Labute approximate surface area is 122 Å². The van der Waals surface area contributed by atoms with Crippen molar-refractivity contribution in [2.75, 3.05) is 13.7 Å². The molecule has 1 aliphatic rings. The Morgan fingerprint density at radius 3 is 2.71 bits per heavy atom. The van der Waals surface area contributed by atoms with Gasteiger partial charge < -0.3 is 19.5 Å². The van der Waals surface area contributed by atoms with Crippen molar-refractivity contribution in [2.24, 2.45) is 5.92 Å². The average molecular weight is 297 g/mol. The Hall–Kier alpha value is -2.15. The largest absolute Gasteiger partial charge is 0.463 e. The Balaban J connectivity index is 2.98. The highest BCUT2D eigenvalue weighted by Gasteiger charge is 2.36. The van der Waals surface area contributed by atoms with Crippen LogP contribution in [-0.4, -0.2) is 47.6 Å². The van der Waals surface area contributed by atoms with Crippen LogP contribution >= 0.6 is 0 Å². The monoisotopic (exact) mass is 297 g/mol. The van der Waals surface area contributed by atoms with Gasteiger partial charge in [0.2, 0.25) is 11.7 Å². The van der Waals surface area contributed by atoms with Crippen LogP contribution in [0.5, 0.6) is 0 Å². The van der Waals surface area contributed by atoms with Crippen LogP contribution < -0.4 is 0 Å². The van der Waals surface area contributed by atoms with Crippen LogP contribution in [0, 0.1) is 5.92 Å². The maximum atomic E-state index is 12.2. The van der Waals surface area contributed by atoms with Crippen LogP contribution in [0.15, 0.2) is 24.6 Å². The Morgan fingerprint density at radius 2 is 2.19 bits per heavy atom. The van der Waals surface area contributed by atoms with E-state index in [1.807, 2.05) is 0 Å². The first-order valence-electron chi connectivity index (χ1n) is 6.52. The molecule has 2 atom stereocenters. The molecule has 0 aromatic carbocycles. The van der Waals surface area contributed by atoms with Gasteiger partial charge in [0.25, 0.3) is 0 Å². The number of methoxy groups -OCH3 is 1. The molecule has 7 nitrogen and oxygen atoms in total.